The largest absolute Gasteiger partial charge is 0.486 e. The minimum atomic E-state index is -0.852. The molecule has 2 heterocycles. The number of nitrogens with one attached hydrogen (secondary N) is 2. The Morgan fingerprint density at radius 3 is 2.53 bits per heavy atom. The second kappa shape index (κ2) is 9.80. The molecule has 2 N–H and O–H groups in total. The van der Waals surface area contributed by atoms with E-state index in [1.807, 2.05) is 19.2 Å². The van der Waals surface area contributed by atoms with Crippen molar-refractivity contribution in [1.82, 2.24) is 14.7 Å². The van der Waals surface area contributed by atoms with Gasteiger partial charge in [0.15, 0.2) is 0 Å². The fourth-order valence-electron chi connectivity index (χ4n) is 4.22. The smallest absolute Gasteiger partial charge is 0.323 e. The molecule has 1 aliphatic heterocycles. The molecule has 0 spiro atoms. The van der Waals surface area contributed by atoms with Crippen molar-refractivity contribution < 1.29 is 18.3 Å². The third-order valence-corrected chi connectivity index (χ3v) is 5.70. The van der Waals surface area contributed by atoms with Gasteiger partial charge in [-0.25, -0.2) is 13.6 Å². The van der Waals surface area contributed by atoms with Crippen molar-refractivity contribution in [2.45, 2.75) is 32.3 Å². The summed E-state index contributed by atoms with van der Waals surface area (Å²) in [4.78, 5) is 14.9. The first-order valence-corrected chi connectivity index (χ1v) is 11.3. The second-order valence-corrected chi connectivity index (χ2v) is 9.10. The molecule has 1 aliphatic rings. The quantitative estimate of drug-likeness (QED) is 0.495. The number of hydrogen-bond donors (Lipinski definition) is 2. The van der Waals surface area contributed by atoms with E-state index >= 15 is 0 Å². The van der Waals surface area contributed by atoms with Gasteiger partial charge in [0, 0.05) is 37.1 Å². The molecular weight excluding hydrogens is 440 g/mol. The van der Waals surface area contributed by atoms with Gasteiger partial charge >= 0.3 is 6.03 Å². The number of hydrogen-bond acceptors (Lipinski definition) is 4. The van der Waals surface area contributed by atoms with Crippen LogP contribution in [-0.4, -0.2) is 45.9 Å². The van der Waals surface area contributed by atoms with Gasteiger partial charge in [-0.15, -0.1) is 0 Å². The number of aromatic nitrogens is 2. The van der Waals surface area contributed by atoms with Crippen molar-refractivity contribution in [1.29, 1.82) is 0 Å². The van der Waals surface area contributed by atoms with E-state index in [2.05, 4.69) is 34.5 Å². The average molecular weight is 470 g/mol. The zero-order chi connectivity index (χ0) is 24.3. The van der Waals surface area contributed by atoms with Crippen molar-refractivity contribution in [3.8, 4) is 17.0 Å². The fourth-order valence-corrected chi connectivity index (χ4v) is 4.22. The molecule has 0 aliphatic carbocycles. The Hall–Kier alpha value is -3.46. The number of anilines is 2. The van der Waals surface area contributed by atoms with Crippen LogP contribution >= 0.6 is 0 Å². The molecule has 9 heteroatoms. The molecule has 0 atom stereocenters. The van der Waals surface area contributed by atoms with Crippen molar-refractivity contribution >= 4 is 17.4 Å². The van der Waals surface area contributed by atoms with Gasteiger partial charge < -0.3 is 15.4 Å². The Morgan fingerprint density at radius 1 is 1.09 bits per heavy atom. The van der Waals surface area contributed by atoms with Gasteiger partial charge in [-0.05, 0) is 76.2 Å². The van der Waals surface area contributed by atoms with Crippen molar-refractivity contribution in [3.63, 3.8) is 0 Å². The molecule has 0 unspecified atom stereocenters. The summed E-state index contributed by atoms with van der Waals surface area (Å²) >= 11 is 0. The minimum Gasteiger partial charge on any atom is -0.486 e. The predicted octanol–water partition coefficient (Wildman–Crippen LogP) is 5.26. The fraction of sp³-hybridized carbons (Fsp3) is 0.360. The lowest BCUT2D eigenvalue weighted by Crippen LogP contribution is -2.41. The number of aryl methyl sites for hydroxylation is 1. The Balaban J connectivity index is 1.55. The Morgan fingerprint density at radius 2 is 1.85 bits per heavy atom. The highest BCUT2D eigenvalue weighted by Gasteiger charge is 2.27. The van der Waals surface area contributed by atoms with Gasteiger partial charge in [-0.1, -0.05) is 0 Å². The topological polar surface area (TPSA) is 71.4 Å². The molecule has 4 rings (SSSR count). The molecular formula is C25H29F2N5O2. The van der Waals surface area contributed by atoms with E-state index in [0.717, 1.165) is 37.0 Å². The molecule has 7 nitrogen and oxygen atoms in total. The molecule has 0 radical (unpaired) electrons. The number of ether oxygens (including phenoxy) is 1. The first-order chi connectivity index (χ1) is 16.2. The van der Waals surface area contributed by atoms with E-state index in [0.29, 0.717) is 17.5 Å². The van der Waals surface area contributed by atoms with Crippen LogP contribution in [0, 0.1) is 11.6 Å². The van der Waals surface area contributed by atoms with Crippen LogP contribution < -0.4 is 15.4 Å². The molecule has 1 fully saturated rings. The van der Waals surface area contributed by atoms with Crippen LogP contribution in [0.2, 0.25) is 0 Å². The van der Waals surface area contributed by atoms with Gasteiger partial charge in [0.1, 0.15) is 23.0 Å². The highest BCUT2D eigenvalue weighted by Crippen LogP contribution is 2.35. The molecule has 180 valence electrons. The van der Waals surface area contributed by atoms with Crippen LogP contribution in [0.1, 0.15) is 26.7 Å². The second-order valence-electron chi connectivity index (χ2n) is 9.10. The Kier molecular flexibility index (Phi) is 6.83. The summed E-state index contributed by atoms with van der Waals surface area (Å²) in [7, 11) is 1.83. The van der Waals surface area contributed by atoms with Crippen molar-refractivity contribution in [2.75, 3.05) is 30.3 Å². The minimum absolute atomic E-state index is 0.116. The summed E-state index contributed by atoms with van der Waals surface area (Å²) in [5.41, 5.74) is 1.53. The van der Waals surface area contributed by atoms with Crippen molar-refractivity contribution in [2.24, 2.45) is 7.05 Å². The number of urea groups is 1. The van der Waals surface area contributed by atoms with Crippen LogP contribution in [0.5, 0.6) is 5.75 Å². The lowest BCUT2D eigenvalue weighted by Gasteiger charge is -2.32. The summed E-state index contributed by atoms with van der Waals surface area (Å²) in [6, 6.07) is 9.51. The number of benzene rings is 2. The number of carbonyl (C=O) groups excluding carboxylic acids is 1. The molecule has 1 saturated heterocycles. The van der Waals surface area contributed by atoms with Gasteiger partial charge in [0.2, 0.25) is 0 Å². The number of nitrogens with zero attached hydrogens (tertiary/aromatic N) is 3. The Labute approximate surface area is 197 Å². The van der Waals surface area contributed by atoms with Gasteiger partial charge in [0.25, 0.3) is 0 Å². The van der Waals surface area contributed by atoms with E-state index < -0.39 is 23.3 Å². The van der Waals surface area contributed by atoms with E-state index in [-0.39, 0.29) is 5.69 Å². The number of rotatable bonds is 7. The van der Waals surface area contributed by atoms with Crippen LogP contribution in [0.15, 0.2) is 48.7 Å². The lowest BCUT2D eigenvalue weighted by molar-refractivity contribution is 0.0690. The Bertz CT molecular complexity index is 1170. The molecule has 2 aromatic carbocycles. The van der Waals surface area contributed by atoms with E-state index in [9.17, 15) is 13.6 Å². The maximum absolute atomic E-state index is 13.9. The van der Waals surface area contributed by atoms with Crippen LogP contribution in [0.4, 0.5) is 25.0 Å². The first-order valence-electron chi connectivity index (χ1n) is 11.3. The highest BCUT2D eigenvalue weighted by molar-refractivity contribution is 6.00. The lowest BCUT2D eigenvalue weighted by atomic mass is 10.1. The molecule has 3 aromatic rings. The molecule has 34 heavy (non-hydrogen) atoms. The van der Waals surface area contributed by atoms with Crippen LogP contribution in [-0.2, 0) is 7.05 Å². The van der Waals surface area contributed by atoms with Crippen molar-refractivity contribution in [3.05, 3.63) is 60.3 Å². The maximum atomic E-state index is 13.9. The standard InChI is InChI=1S/C25H29F2N5O2/c1-25(2,16-32-12-4-5-13-32)34-23-9-7-18(15-19(23)22-10-11-28-31(22)3)29-24(33)30-21-8-6-17(26)14-20(21)27/h6-11,14-15H,4-5,12-13,16H2,1-3H3,(H2,29,30,33). The third kappa shape index (κ3) is 5.72. The van der Waals surface area contributed by atoms with Crippen LogP contribution in [0.3, 0.4) is 0 Å². The SMILES string of the molecule is Cn1nccc1-c1cc(NC(=O)Nc2ccc(F)cc2F)ccc1OC(C)(C)CN1CCCC1. The third-order valence-electron chi connectivity index (χ3n) is 5.70. The van der Waals surface area contributed by atoms with E-state index in [1.54, 1.807) is 23.0 Å². The average Bonchev–Trinajstić information content (AvgIpc) is 3.42. The van der Waals surface area contributed by atoms with Crippen LogP contribution in [0.25, 0.3) is 11.3 Å². The van der Waals surface area contributed by atoms with Gasteiger partial charge in [0.05, 0.1) is 11.4 Å². The first kappa shape index (κ1) is 23.7. The number of amides is 2. The monoisotopic (exact) mass is 469 g/mol. The summed E-state index contributed by atoms with van der Waals surface area (Å²) in [5.74, 6) is -0.898. The highest BCUT2D eigenvalue weighted by atomic mass is 19.1. The predicted molar refractivity (Wildman–Crippen MR) is 128 cm³/mol. The van der Waals surface area contributed by atoms with Gasteiger partial charge in [-0.3, -0.25) is 9.58 Å². The maximum Gasteiger partial charge on any atom is 0.323 e. The summed E-state index contributed by atoms with van der Waals surface area (Å²) in [6.07, 6.45) is 4.11. The number of halogens is 2. The molecule has 1 aromatic heterocycles. The summed E-state index contributed by atoms with van der Waals surface area (Å²) < 4.78 is 35.2. The van der Waals surface area contributed by atoms with E-state index in [1.165, 1.54) is 18.9 Å². The molecule has 0 saturated carbocycles. The summed E-state index contributed by atoms with van der Waals surface area (Å²) in [5, 5.41) is 9.36. The normalized spacial score (nSPS) is 14.3. The molecule has 0 bridgehead atoms. The number of carbonyl (C=O) groups is 1. The van der Waals surface area contributed by atoms with E-state index in [4.69, 9.17) is 4.74 Å². The zero-order valence-electron chi connectivity index (χ0n) is 19.6. The number of likely N-dealkylation sites (tertiary alicyclic amines) is 1. The van der Waals surface area contributed by atoms with Gasteiger partial charge in [-0.2, -0.15) is 5.10 Å². The summed E-state index contributed by atoms with van der Waals surface area (Å²) in [6.45, 7) is 7.09. The zero-order valence-corrected chi connectivity index (χ0v) is 19.6. The molecule has 2 amide bonds.